The molecule has 1 N–H and O–H groups in total. The SMILES string of the molecule is COc1cccc(OC)c1-c1cc(C(=O)NOC(=O)CC2CCCCC2)nn1-c1ccnc2cc(Cl)ccc12. The van der Waals surface area contributed by atoms with Crippen LogP contribution in [-0.2, 0) is 9.63 Å². The van der Waals surface area contributed by atoms with Crippen molar-refractivity contribution in [2.24, 2.45) is 5.92 Å². The molecule has 202 valence electrons. The third-order valence-corrected chi connectivity index (χ3v) is 7.21. The molecule has 1 aliphatic carbocycles. The van der Waals surface area contributed by atoms with Gasteiger partial charge in [-0.05, 0) is 61.2 Å². The number of hydrogen-bond acceptors (Lipinski definition) is 7. The van der Waals surface area contributed by atoms with E-state index in [2.05, 4.69) is 15.6 Å². The highest BCUT2D eigenvalue weighted by Gasteiger charge is 2.24. The molecule has 0 spiro atoms. The van der Waals surface area contributed by atoms with Crippen LogP contribution >= 0.6 is 11.6 Å². The Morgan fingerprint density at radius 2 is 1.77 bits per heavy atom. The number of hydrogen-bond donors (Lipinski definition) is 1. The molecule has 0 atom stereocenters. The van der Waals surface area contributed by atoms with Gasteiger partial charge in [0.15, 0.2) is 5.69 Å². The van der Waals surface area contributed by atoms with E-state index >= 15 is 0 Å². The van der Waals surface area contributed by atoms with Gasteiger partial charge in [0.25, 0.3) is 0 Å². The topological polar surface area (TPSA) is 105 Å². The summed E-state index contributed by atoms with van der Waals surface area (Å²) in [5.74, 6) is 0.242. The highest BCUT2D eigenvalue weighted by molar-refractivity contribution is 6.31. The summed E-state index contributed by atoms with van der Waals surface area (Å²) in [7, 11) is 3.12. The van der Waals surface area contributed by atoms with Gasteiger partial charge >= 0.3 is 11.9 Å². The summed E-state index contributed by atoms with van der Waals surface area (Å²) in [6.07, 6.45) is 7.37. The highest BCUT2D eigenvalue weighted by Crippen LogP contribution is 2.40. The predicted octanol–water partition coefficient (Wildman–Crippen LogP) is 5.92. The summed E-state index contributed by atoms with van der Waals surface area (Å²) in [5.41, 5.74) is 4.78. The van der Waals surface area contributed by atoms with E-state index in [9.17, 15) is 9.59 Å². The van der Waals surface area contributed by atoms with Crippen molar-refractivity contribution in [1.29, 1.82) is 0 Å². The Hall–Kier alpha value is -4.11. The van der Waals surface area contributed by atoms with Crippen molar-refractivity contribution >= 4 is 34.4 Å². The van der Waals surface area contributed by atoms with E-state index in [1.807, 2.05) is 12.1 Å². The smallest absolute Gasteiger partial charge is 0.332 e. The maximum Gasteiger partial charge on any atom is 0.332 e. The van der Waals surface area contributed by atoms with E-state index in [1.54, 1.807) is 61.5 Å². The van der Waals surface area contributed by atoms with Crippen LogP contribution in [0.2, 0.25) is 5.02 Å². The number of hydroxylamine groups is 1. The zero-order chi connectivity index (χ0) is 27.4. The minimum Gasteiger partial charge on any atom is -0.496 e. The highest BCUT2D eigenvalue weighted by atomic mass is 35.5. The first-order valence-electron chi connectivity index (χ1n) is 12.8. The molecule has 1 aliphatic rings. The molecule has 0 radical (unpaired) electrons. The molecule has 1 saturated carbocycles. The van der Waals surface area contributed by atoms with Crippen LogP contribution in [0, 0.1) is 5.92 Å². The van der Waals surface area contributed by atoms with Gasteiger partial charge in [0, 0.05) is 16.6 Å². The Bertz CT molecular complexity index is 1490. The second kappa shape index (κ2) is 11.7. The van der Waals surface area contributed by atoms with Gasteiger partial charge in [0.1, 0.15) is 11.5 Å². The molecule has 1 fully saturated rings. The third-order valence-electron chi connectivity index (χ3n) is 6.97. The maximum absolute atomic E-state index is 13.1. The third kappa shape index (κ3) is 5.68. The molecule has 0 aliphatic heterocycles. The number of halogens is 1. The second-order valence-corrected chi connectivity index (χ2v) is 9.91. The Kier molecular flexibility index (Phi) is 7.97. The van der Waals surface area contributed by atoms with Crippen molar-refractivity contribution in [3.8, 4) is 28.4 Å². The molecule has 0 bridgehead atoms. The number of rotatable bonds is 7. The zero-order valence-corrected chi connectivity index (χ0v) is 22.5. The molecule has 2 aromatic carbocycles. The normalized spacial score (nSPS) is 13.7. The van der Waals surface area contributed by atoms with Gasteiger partial charge in [-0.25, -0.2) is 9.48 Å². The number of aromatic nitrogens is 3. The van der Waals surface area contributed by atoms with Crippen molar-refractivity contribution < 1.29 is 23.9 Å². The van der Waals surface area contributed by atoms with Crippen LogP contribution in [0.4, 0.5) is 0 Å². The van der Waals surface area contributed by atoms with Gasteiger partial charge in [0.2, 0.25) is 0 Å². The number of ether oxygens (including phenoxy) is 2. The standard InChI is InChI=1S/C29H29ClN4O5/c1-37-25-9-6-10-26(38-2)28(25)24-17-22(29(36)33-39-27(35)15-18-7-4-3-5-8-18)32-34(24)23-13-14-31-21-16-19(30)11-12-20(21)23/h6,9-14,16-18H,3-5,7-8,15H2,1-2H3,(H,33,36). The molecular formula is C29H29ClN4O5. The minimum absolute atomic E-state index is 0.0438. The number of nitrogens with one attached hydrogen (secondary N) is 1. The largest absolute Gasteiger partial charge is 0.496 e. The minimum atomic E-state index is -0.651. The van der Waals surface area contributed by atoms with Crippen molar-refractivity contribution in [2.75, 3.05) is 14.2 Å². The summed E-state index contributed by atoms with van der Waals surface area (Å²) in [5, 5.41) is 5.93. The van der Waals surface area contributed by atoms with E-state index in [0.29, 0.717) is 44.9 Å². The summed E-state index contributed by atoms with van der Waals surface area (Å²) >= 11 is 6.20. The molecule has 39 heavy (non-hydrogen) atoms. The fourth-order valence-electron chi connectivity index (χ4n) is 5.07. The molecule has 0 saturated heterocycles. The van der Waals surface area contributed by atoms with Crippen LogP contribution in [0.15, 0.2) is 54.7 Å². The van der Waals surface area contributed by atoms with Crippen molar-refractivity contribution in [1.82, 2.24) is 20.2 Å². The Morgan fingerprint density at radius 1 is 1.03 bits per heavy atom. The molecule has 9 nitrogen and oxygen atoms in total. The molecule has 2 aromatic heterocycles. The molecule has 4 aromatic rings. The van der Waals surface area contributed by atoms with Gasteiger partial charge in [-0.3, -0.25) is 9.78 Å². The van der Waals surface area contributed by atoms with E-state index in [-0.39, 0.29) is 12.1 Å². The average Bonchev–Trinajstić information content (AvgIpc) is 3.40. The summed E-state index contributed by atoms with van der Waals surface area (Å²) < 4.78 is 12.9. The number of carbonyl (C=O) groups is 2. The molecule has 1 amide bonds. The first-order valence-corrected chi connectivity index (χ1v) is 13.2. The Labute approximate surface area is 231 Å². The lowest BCUT2D eigenvalue weighted by molar-refractivity contribution is -0.150. The number of pyridine rings is 1. The predicted molar refractivity (Wildman–Crippen MR) is 147 cm³/mol. The van der Waals surface area contributed by atoms with E-state index in [4.69, 9.17) is 25.9 Å². The average molecular weight is 549 g/mol. The second-order valence-electron chi connectivity index (χ2n) is 9.47. The fraction of sp³-hybridized carbons (Fsp3) is 0.310. The number of methoxy groups -OCH3 is 2. The van der Waals surface area contributed by atoms with Crippen LogP contribution < -0.4 is 15.0 Å². The molecule has 10 heteroatoms. The zero-order valence-electron chi connectivity index (χ0n) is 21.8. The van der Waals surface area contributed by atoms with Crippen LogP contribution in [0.1, 0.15) is 49.0 Å². The fourth-order valence-corrected chi connectivity index (χ4v) is 5.24. The van der Waals surface area contributed by atoms with E-state index in [1.165, 1.54) is 6.42 Å². The van der Waals surface area contributed by atoms with E-state index in [0.717, 1.165) is 31.1 Å². The number of fused-ring (bicyclic) bond motifs is 1. The number of benzene rings is 2. The van der Waals surface area contributed by atoms with Gasteiger partial charge in [-0.2, -0.15) is 10.6 Å². The molecule has 0 unspecified atom stereocenters. The van der Waals surface area contributed by atoms with Crippen molar-refractivity contribution in [3.63, 3.8) is 0 Å². The lowest BCUT2D eigenvalue weighted by atomic mass is 9.87. The number of amides is 1. The Morgan fingerprint density at radius 3 is 2.49 bits per heavy atom. The van der Waals surface area contributed by atoms with Gasteiger partial charge < -0.3 is 14.3 Å². The number of carbonyl (C=O) groups excluding carboxylic acids is 2. The van der Waals surface area contributed by atoms with Crippen LogP contribution in [-0.4, -0.2) is 40.9 Å². The summed E-state index contributed by atoms with van der Waals surface area (Å²) in [6, 6.07) is 14.2. The first kappa shape index (κ1) is 26.5. The van der Waals surface area contributed by atoms with Gasteiger partial charge in [-0.1, -0.05) is 36.9 Å². The van der Waals surface area contributed by atoms with Crippen LogP contribution in [0.25, 0.3) is 27.8 Å². The number of nitrogens with zero attached hydrogens (tertiary/aromatic N) is 3. The lowest BCUT2D eigenvalue weighted by Gasteiger charge is -2.20. The van der Waals surface area contributed by atoms with Crippen LogP contribution in [0.5, 0.6) is 11.5 Å². The summed E-state index contributed by atoms with van der Waals surface area (Å²) in [4.78, 5) is 35.1. The van der Waals surface area contributed by atoms with Gasteiger partial charge in [-0.15, -0.1) is 0 Å². The quantitative estimate of drug-likeness (QED) is 0.286. The monoisotopic (exact) mass is 548 g/mol. The molecular weight excluding hydrogens is 520 g/mol. The molecule has 2 heterocycles. The van der Waals surface area contributed by atoms with Crippen molar-refractivity contribution in [3.05, 3.63) is 65.4 Å². The van der Waals surface area contributed by atoms with Gasteiger partial charge in [0.05, 0.1) is 43.1 Å². The Balaban J connectivity index is 1.53. The first-order chi connectivity index (χ1) is 19.0. The van der Waals surface area contributed by atoms with E-state index < -0.39 is 11.9 Å². The lowest BCUT2D eigenvalue weighted by Crippen LogP contribution is -2.28. The summed E-state index contributed by atoms with van der Waals surface area (Å²) in [6.45, 7) is 0. The van der Waals surface area contributed by atoms with Crippen molar-refractivity contribution in [2.45, 2.75) is 38.5 Å². The maximum atomic E-state index is 13.1. The van der Waals surface area contributed by atoms with Crippen LogP contribution in [0.3, 0.4) is 0 Å². The molecule has 5 rings (SSSR count).